The fourth-order valence-corrected chi connectivity index (χ4v) is 3.44. The van der Waals surface area contributed by atoms with Crippen molar-refractivity contribution in [1.29, 1.82) is 0 Å². The molecule has 25 heavy (non-hydrogen) atoms. The normalized spacial score (nSPS) is 15.2. The fourth-order valence-electron chi connectivity index (χ4n) is 3.44. The molecular formula is C19H23N5O. The van der Waals surface area contributed by atoms with Gasteiger partial charge in [-0.1, -0.05) is 6.07 Å². The van der Waals surface area contributed by atoms with Gasteiger partial charge in [-0.05, 0) is 32.9 Å². The Morgan fingerprint density at radius 1 is 0.960 bits per heavy atom. The number of aromatic nitrogens is 3. The number of phenolic OH excluding ortho intramolecular Hbond substituents is 1. The lowest BCUT2D eigenvalue weighted by Gasteiger charge is -2.37. The number of aryl methyl sites for hydroxylation is 3. The van der Waals surface area contributed by atoms with Crippen molar-refractivity contribution in [3.63, 3.8) is 0 Å². The van der Waals surface area contributed by atoms with Gasteiger partial charge in [0.05, 0.1) is 5.69 Å². The third kappa shape index (κ3) is 2.77. The molecule has 130 valence electrons. The molecule has 1 saturated heterocycles. The summed E-state index contributed by atoms with van der Waals surface area (Å²) in [6.07, 6.45) is 0. The maximum Gasteiger partial charge on any atom is 0.160 e. The van der Waals surface area contributed by atoms with Gasteiger partial charge >= 0.3 is 0 Å². The monoisotopic (exact) mass is 337 g/mol. The summed E-state index contributed by atoms with van der Waals surface area (Å²) < 4.78 is 1.97. The molecule has 1 aliphatic rings. The molecule has 0 spiro atoms. The van der Waals surface area contributed by atoms with Crippen LogP contribution in [-0.2, 0) is 0 Å². The van der Waals surface area contributed by atoms with E-state index in [2.05, 4.69) is 32.9 Å². The van der Waals surface area contributed by atoms with Gasteiger partial charge in [-0.3, -0.25) is 0 Å². The van der Waals surface area contributed by atoms with E-state index >= 15 is 0 Å². The quantitative estimate of drug-likeness (QED) is 0.779. The van der Waals surface area contributed by atoms with Gasteiger partial charge in [-0.25, -0.2) is 4.98 Å². The zero-order chi connectivity index (χ0) is 17.6. The van der Waals surface area contributed by atoms with Gasteiger partial charge in [0.25, 0.3) is 0 Å². The number of nitrogens with zero attached hydrogens (tertiary/aromatic N) is 5. The minimum atomic E-state index is 0.314. The topological polar surface area (TPSA) is 56.9 Å². The second-order valence-corrected chi connectivity index (χ2v) is 6.70. The number of aromatic hydroxyl groups is 1. The lowest BCUT2D eigenvalue weighted by atomic mass is 10.2. The Bertz CT molecular complexity index is 925. The molecule has 0 unspecified atom stereocenters. The second-order valence-electron chi connectivity index (χ2n) is 6.70. The molecule has 4 rings (SSSR count). The first-order valence-electron chi connectivity index (χ1n) is 8.65. The lowest BCUT2D eigenvalue weighted by molar-refractivity contribution is 0.475. The van der Waals surface area contributed by atoms with Crippen molar-refractivity contribution in [3.8, 4) is 5.75 Å². The number of anilines is 2. The summed E-state index contributed by atoms with van der Waals surface area (Å²) in [5, 5.41) is 14.4. The van der Waals surface area contributed by atoms with Crippen molar-refractivity contribution in [2.24, 2.45) is 0 Å². The van der Waals surface area contributed by atoms with E-state index in [1.54, 1.807) is 6.07 Å². The molecule has 0 saturated carbocycles. The van der Waals surface area contributed by atoms with Crippen LogP contribution in [0.25, 0.3) is 5.65 Å². The Morgan fingerprint density at radius 3 is 2.40 bits per heavy atom. The first-order valence-corrected chi connectivity index (χ1v) is 8.65. The lowest BCUT2D eigenvalue weighted by Crippen LogP contribution is -2.47. The summed E-state index contributed by atoms with van der Waals surface area (Å²) in [5.74, 6) is 1.42. The van der Waals surface area contributed by atoms with Gasteiger partial charge in [0.2, 0.25) is 0 Å². The minimum absolute atomic E-state index is 0.314. The van der Waals surface area contributed by atoms with Crippen LogP contribution in [0.15, 0.2) is 30.3 Å². The van der Waals surface area contributed by atoms with Gasteiger partial charge < -0.3 is 14.9 Å². The standard InChI is InChI=1S/C19H23N5O/c1-13-11-18(24-19(20-13)14(2)15(3)21-24)23-9-7-22(8-10-23)16-5-4-6-17(25)12-16/h4-6,11-12,25H,7-10H2,1-3H3. The van der Waals surface area contributed by atoms with Crippen molar-refractivity contribution in [1.82, 2.24) is 14.6 Å². The van der Waals surface area contributed by atoms with Gasteiger partial charge in [0.15, 0.2) is 5.65 Å². The molecule has 0 atom stereocenters. The van der Waals surface area contributed by atoms with E-state index in [4.69, 9.17) is 0 Å². The molecule has 0 aliphatic carbocycles. The third-order valence-corrected chi connectivity index (χ3v) is 4.96. The van der Waals surface area contributed by atoms with Gasteiger partial charge in [0.1, 0.15) is 11.6 Å². The highest BCUT2D eigenvalue weighted by atomic mass is 16.3. The average molecular weight is 337 g/mol. The molecule has 2 aromatic heterocycles. The Hall–Kier alpha value is -2.76. The minimum Gasteiger partial charge on any atom is -0.508 e. The van der Waals surface area contributed by atoms with Crippen LogP contribution < -0.4 is 9.80 Å². The fraction of sp³-hybridized carbons (Fsp3) is 0.368. The molecule has 1 fully saturated rings. The van der Waals surface area contributed by atoms with Crippen LogP contribution in [0.3, 0.4) is 0 Å². The van der Waals surface area contributed by atoms with Crippen LogP contribution in [0.2, 0.25) is 0 Å². The molecule has 0 amide bonds. The van der Waals surface area contributed by atoms with Crippen LogP contribution in [-0.4, -0.2) is 45.9 Å². The van der Waals surface area contributed by atoms with Gasteiger partial charge in [-0.2, -0.15) is 9.61 Å². The van der Waals surface area contributed by atoms with Crippen molar-refractivity contribution >= 4 is 17.2 Å². The molecule has 3 heterocycles. The summed E-state index contributed by atoms with van der Waals surface area (Å²) in [6.45, 7) is 9.78. The van der Waals surface area contributed by atoms with E-state index in [0.717, 1.165) is 60.3 Å². The number of hydrogen-bond donors (Lipinski definition) is 1. The van der Waals surface area contributed by atoms with E-state index in [1.807, 2.05) is 36.6 Å². The van der Waals surface area contributed by atoms with Crippen molar-refractivity contribution < 1.29 is 5.11 Å². The van der Waals surface area contributed by atoms with E-state index in [1.165, 1.54) is 0 Å². The zero-order valence-corrected chi connectivity index (χ0v) is 14.9. The van der Waals surface area contributed by atoms with Crippen molar-refractivity contribution in [2.75, 3.05) is 36.0 Å². The van der Waals surface area contributed by atoms with Crippen molar-refractivity contribution in [2.45, 2.75) is 20.8 Å². The highest BCUT2D eigenvalue weighted by Gasteiger charge is 2.21. The van der Waals surface area contributed by atoms with Crippen LogP contribution in [0, 0.1) is 20.8 Å². The first-order chi connectivity index (χ1) is 12.0. The maximum atomic E-state index is 9.70. The molecule has 0 radical (unpaired) electrons. The summed E-state index contributed by atoms with van der Waals surface area (Å²) in [6, 6.07) is 9.58. The predicted molar refractivity (Wildman–Crippen MR) is 99.7 cm³/mol. The van der Waals surface area contributed by atoms with Crippen molar-refractivity contribution in [3.05, 3.63) is 47.3 Å². The Kier molecular flexibility index (Phi) is 3.75. The second kappa shape index (κ2) is 5.95. The summed E-state index contributed by atoms with van der Waals surface area (Å²) in [5.41, 5.74) is 5.20. The average Bonchev–Trinajstić information content (AvgIpc) is 2.89. The highest BCUT2D eigenvalue weighted by Crippen LogP contribution is 2.25. The number of piperazine rings is 1. The Balaban J connectivity index is 1.61. The summed E-state index contributed by atoms with van der Waals surface area (Å²) in [4.78, 5) is 9.33. The number of fused-ring (bicyclic) bond motifs is 1. The van der Waals surface area contributed by atoms with Crippen LogP contribution in [0.1, 0.15) is 17.0 Å². The first kappa shape index (κ1) is 15.7. The smallest absolute Gasteiger partial charge is 0.160 e. The number of rotatable bonds is 2. The van der Waals surface area contributed by atoms with Crippen LogP contribution in [0.4, 0.5) is 11.5 Å². The zero-order valence-electron chi connectivity index (χ0n) is 14.9. The van der Waals surface area contributed by atoms with Crippen LogP contribution >= 0.6 is 0 Å². The molecule has 6 heteroatoms. The van der Waals surface area contributed by atoms with E-state index in [0.29, 0.717) is 5.75 Å². The Labute approximate surface area is 147 Å². The summed E-state index contributed by atoms with van der Waals surface area (Å²) >= 11 is 0. The van der Waals surface area contributed by atoms with Crippen LogP contribution in [0.5, 0.6) is 5.75 Å². The third-order valence-electron chi connectivity index (χ3n) is 4.96. The highest BCUT2D eigenvalue weighted by molar-refractivity contribution is 5.58. The van der Waals surface area contributed by atoms with Gasteiger partial charge in [-0.15, -0.1) is 0 Å². The molecule has 0 bridgehead atoms. The number of benzene rings is 1. The number of phenols is 1. The van der Waals surface area contributed by atoms with E-state index in [-0.39, 0.29) is 0 Å². The SMILES string of the molecule is Cc1cc(N2CCN(c3cccc(O)c3)CC2)n2nc(C)c(C)c2n1. The molecule has 1 N–H and O–H groups in total. The molecule has 6 nitrogen and oxygen atoms in total. The Morgan fingerprint density at radius 2 is 1.68 bits per heavy atom. The largest absolute Gasteiger partial charge is 0.508 e. The molecule has 1 aromatic carbocycles. The summed E-state index contributed by atoms with van der Waals surface area (Å²) in [7, 11) is 0. The maximum absolute atomic E-state index is 9.70. The molecule has 3 aromatic rings. The number of hydrogen-bond acceptors (Lipinski definition) is 5. The van der Waals surface area contributed by atoms with E-state index in [9.17, 15) is 5.11 Å². The molecular weight excluding hydrogens is 314 g/mol. The van der Waals surface area contributed by atoms with Gasteiger partial charge in [0, 0.05) is 55.3 Å². The molecule has 1 aliphatic heterocycles. The predicted octanol–water partition coefficient (Wildman–Crippen LogP) is 2.69. The van der Waals surface area contributed by atoms with E-state index < -0.39 is 0 Å².